The number of ether oxygens (including phenoxy) is 3. The predicted molar refractivity (Wildman–Crippen MR) is 96.1 cm³/mol. The maximum Gasteiger partial charge on any atom is 0.342 e. The second-order valence-corrected chi connectivity index (χ2v) is 5.41. The summed E-state index contributed by atoms with van der Waals surface area (Å²) in [6, 6.07) is 10.2. The highest BCUT2D eigenvalue weighted by Gasteiger charge is 2.23. The van der Waals surface area contributed by atoms with Crippen molar-refractivity contribution in [2.24, 2.45) is 0 Å². The molecule has 1 atom stereocenters. The number of rotatable bonds is 7. The summed E-state index contributed by atoms with van der Waals surface area (Å²) in [7, 11) is 2.81. The number of nitrogens with zero attached hydrogens (tertiary/aromatic N) is 1. The maximum absolute atomic E-state index is 12.3. The van der Waals surface area contributed by atoms with E-state index in [1.165, 1.54) is 33.3 Å². The van der Waals surface area contributed by atoms with Gasteiger partial charge in [0.05, 0.1) is 19.1 Å². The summed E-state index contributed by atoms with van der Waals surface area (Å²) in [6.45, 7) is 1.39. The first kappa shape index (κ1) is 19.7. The summed E-state index contributed by atoms with van der Waals surface area (Å²) in [4.78, 5) is 34.8. The first-order chi connectivity index (χ1) is 12.8. The van der Waals surface area contributed by atoms with E-state index < -0.39 is 22.9 Å². The van der Waals surface area contributed by atoms with Gasteiger partial charge in [0.25, 0.3) is 11.6 Å². The van der Waals surface area contributed by atoms with Crippen molar-refractivity contribution in [3.05, 3.63) is 58.1 Å². The summed E-state index contributed by atoms with van der Waals surface area (Å²) in [6.07, 6.45) is -1.15. The van der Waals surface area contributed by atoms with Crippen LogP contribution in [-0.2, 0) is 9.53 Å². The van der Waals surface area contributed by atoms with Gasteiger partial charge in [-0.25, -0.2) is 4.79 Å². The van der Waals surface area contributed by atoms with Crippen LogP contribution in [0.4, 0.5) is 11.4 Å². The van der Waals surface area contributed by atoms with E-state index in [1.807, 2.05) is 0 Å². The number of benzene rings is 2. The van der Waals surface area contributed by atoms with Gasteiger partial charge in [-0.05, 0) is 25.1 Å². The molecule has 0 saturated heterocycles. The number of esters is 1. The fraction of sp³-hybridized carbons (Fsp3) is 0.222. The van der Waals surface area contributed by atoms with E-state index in [9.17, 15) is 19.7 Å². The van der Waals surface area contributed by atoms with Crippen molar-refractivity contribution in [2.75, 3.05) is 19.5 Å². The van der Waals surface area contributed by atoms with Gasteiger partial charge >= 0.3 is 5.97 Å². The number of amides is 1. The molecule has 0 aliphatic carbocycles. The van der Waals surface area contributed by atoms with Crippen LogP contribution in [0.25, 0.3) is 0 Å². The van der Waals surface area contributed by atoms with E-state index in [-0.39, 0.29) is 17.0 Å². The van der Waals surface area contributed by atoms with Crippen molar-refractivity contribution >= 4 is 23.3 Å². The zero-order chi connectivity index (χ0) is 20.0. The average molecular weight is 374 g/mol. The summed E-state index contributed by atoms with van der Waals surface area (Å²) < 4.78 is 15.2. The maximum atomic E-state index is 12.3. The van der Waals surface area contributed by atoms with Crippen molar-refractivity contribution in [1.82, 2.24) is 0 Å². The number of carbonyl (C=O) groups excluding carboxylic acids is 2. The molecule has 0 aliphatic rings. The lowest BCUT2D eigenvalue weighted by molar-refractivity contribution is -0.384. The highest BCUT2D eigenvalue weighted by molar-refractivity contribution is 5.98. The average Bonchev–Trinajstić information content (AvgIpc) is 2.67. The molecule has 0 bridgehead atoms. The van der Waals surface area contributed by atoms with Gasteiger partial charge in [-0.15, -0.1) is 0 Å². The molecular formula is C18H18N2O7. The second kappa shape index (κ2) is 8.65. The molecule has 27 heavy (non-hydrogen) atoms. The van der Waals surface area contributed by atoms with Crippen LogP contribution in [0, 0.1) is 10.1 Å². The van der Waals surface area contributed by atoms with E-state index in [4.69, 9.17) is 14.2 Å². The van der Waals surface area contributed by atoms with Crippen LogP contribution in [0.1, 0.15) is 17.3 Å². The van der Waals surface area contributed by atoms with Gasteiger partial charge in [0.1, 0.15) is 17.1 Å². The quantitative estimate of drug-likeness (QED) is 0.450. The molecule has 0 heterocycles. The van der Waals surface area contributed by atoms with Gasteiger partial charge in [-0.1, -0.05) is 6.07 Å². The molecule has 0 fully saturated rings. The number of nitrogens with one attached hydrogen (secondary N) is 1. The van der Waals surface area contributed by atoms with Gasteiger partial charge in [0.2, 0.25) is 0 Å². The van der Waals surface area contributed by atoms with E-state index in [2.05, 4.69) is 5.32 Å². The third-order valence-corrected chi connectivity index (χ3v) is 3.60. The first-order valence-electron chi connectivity index (χ1n) is 7.84. The minimum atomic E-state index is -1.15. The molecule has 2 aromatic carbocycles. The molecule has 0 spiro atoms. The van der Waals surface area contributed by atoms with Crippen LogP contribution < -0.4 is 14.8 Å². The Kier molecular flexibility index (Phi) is 6.32. The van der Waals surface area contributed by atoms with E-state index in [0.717, 1.165) is 6.07 Å². The normalized spacial score (nSPS) is 11.2. The van der Waals surface area contributed by atoms with Gasteiger partial charge in [-0.3, -0.25) is 14.9 Å². The largest absolute Gasteiger partial charge is 0.497 e. The van der Waals surface area contributed by atoms with Gasteiger partial charge in [-0.2, -0.15) is 0 Å². The molecule has 9 heteroatoms. The summed E-state index contributed by atoms with van der Waals surface area (Å²) in [5.41, 5.74) is 0.0270. The summed E-state index contributed by atoms with van der Waals surface area (Å²) >= 11 is 0. The lowest BCUT2D eigenvalue weighted by atomic mass is 10.1. The van der Waals surface area contributed by atoms with Crippen LogP contribution in [0.2, 0.25) is 0 Å². The van der Waals surface area contributed by atoms with Crippen LogP contribution >= 0.6 is 0 Å². The highest BCUT2D eigenvalue weighted by Crippen LogP contribution is 2.25. The zero-order valence-corrected chi connectivity index (χ0v) is 14.9. The van der Waals surface area contributed by atoms with Crippen molar-refractivity contribution in [3.8, 4) is 11.5 Å². The molecule has 9 nitrogen and oxygen atoms in total. The number of anilines is 1. The summed E-state index contributed by atoms with van der Waals surface area (Å²) in [5.74, 6) is -0.824. The van der Waals surface area contributed by atoms with Crippen molar-refractivity contribution in [3.63, 3.8) is 0 Å². The second-order valence-electron chi connectivity index (χ2n) is 5.41. The summed E-state index contributed by atoms with van der Waals surface area (Å²) in [5, 5.41) is 13.5. The van der Waals surface area contributed by atoms with Gasteiger partial charge in [0, 0.05) is 23.9 Å². The van der Waals surface area contributed by atoms with E-state index in [1.54, 1.807) is 24.3 Å². The number of hydrogen-bond donors (Lipinski definition) is 1. The minimum Gasteiger partial charge on any atom is -0.497 e. The van der Waals surface area contributed by atoms with Gasteiger partial charge < -0.3 is 19.5 Å². The zero-order valence-electron chi connectivity index (χ0n) is 14.9. The predicted octanol–water partition coefficient (Wildman–Crippen LogP) is 2.80. The van der Waals surface area contributed by atoms with Crippen LogP contribution in [-0.4, -0.2) is 37.1 Å². The number of hydrogen-bond acceptors (Lipinski definition) is 7. The fourth-order valence-corrected chi connectivity index (χ4v) is 2.19. The van der Waals surface area contributed by atoms with E-state index in [0.29, 0.717) is 11.4 Å². The SMILES string of the molecule is COc1cccc(NC(=O)[C@H](C)OC(=O)c2cc([N+](=O)[O-])ccc2OC)c1. The molecule has 0 aromatic heterocycles. The molecule has 1 amide bonds. The number of methoxy groups -OCH3 is 2. The Bertz CT molecular complexity index is 867. The molecule has 0 unspecified atom stereocenters. The van der Waals surface area contributed by atoms with Crippen molar-refractivity contribution < 1.29 is 28.7 Å². The molecule has 0 radical (unpaired) electrons. The molecule has 1 N–H and O–H groups in total. The standard InChI is InChI=1S/C18H18N2O7/c1-11(17(21)19-12-5-4-6-14(9-12)25-2)27-18(22)15-10-13(20(23)24)7-8-16(15)26-3/h4-11H,1-3H3,(H,19,21)/t11-/m0/s1. The molecule has 2 aromatic rings. The highest BCUT2D eigenvalue weighted by atomic mass is 16.6. The smallest absolute Gasteiger partial charge is 0.342 e. The molecule has 142 valence electrons. The topological polar surface area (TPSA) is 117 Å². The monoisotopic (exact) mass is 374 g/mol. The Morgan fingerprint density at radius 1 is 1.11 bits per heavy atom. The first-order valence-corrected chi connectivity index (χ1v) is 7.84. The third kappa shape index (κ3) is 4.94. The van der Waals surface area contributed by atoms with Crippen LogP contribution in [0.5, 0.6) is 11.5 Å². The Hall–Kier alpha value is -3.62. The van der Waals surface area contributed by atoms with Gasteiger partial charge in [0.15, 0.2) is 6.10 Å². The van der Waals surface area contributed by atoms with Crippen LogP contribution in [0.15, 0.2) is 42.5 Å². The third-order valence-electron chi connectivity index (χ3n) is 3.60. The Morgan fingerprint density at radius 3 is 2.48 bits per heavy atom. The Labute approximate surface area is 155 Å². The Morgan fingerprint density at radius 2 is 1.85 bits per heavy atom. The number of carbonyl (C=O) groups is 2. The van der Waals surface area contributed by atoms with Crippen molar-refractivity contribution in [1.29, 1.82) is 0 Å². The number of nitro groups is 1. The number of nitro benzene ring substituents is 1. The molecule has 0 saturated carbocycles. The molecule has 0 aliphatic heterocycles. The van der Waals surface area contributed by atoms with Crippen molar-refractivity contribution in [2.45, 2.75) is 13.0 Å². The lowest BCUT2D eigenvalue weighted by Gasteiger charge is -2.15. The van der Waals surface area contributed by atoms with E-state index >= 15 is 0 Å². The molecule has 2 rings (SSSR count). The van der Waals surface area contributed by atoms with Crippen LogP contribution in [0.3, 0.4) is 0 Å². The fourth-order valence-electron chi connectivity index (χ4n) is 2.19. The minimum absolute atomic E-state index is 0.103. The number of non-ortho nitro benzene ring substituents is 1. The lowest BCUT2D eigenvalue weighted by Crippen LogP contribution is -2.30. The Balaban J connectivity index is 2.11. The molecular weight excluding hydrogens is 356 g/mol.